The number of carbonyl (C=O) groups is 3. The molecule has 31 heavy (non-hydrogen) atoms. The lowest BCUT2D eigenvalue weighted by Gasteiger charge is -2.39. The summed E-state index contributed by atoms with van der Waals surface area (Å²) in [6, 6.07) is 16.7. The smallest absolute Gasteiger partial charge is 0.254 e. The Hall–Kier alpha value is -3.35. The fraction of sp³-hybridized carbons (Fsp3) is 0.375. The van der Waals surface area contributed by atoms with Gasteiger partial charge in [-0.15, -0.1) is 0 Å². The molecule has 0 radical (unpaired) electrons. The summed E-state index contributed by atoms with van der Waals surface area (Å²) in [6.07, 6.45) is 0.00870. The van der Waals surface area contributed by atoms with Gasteiger partial charge in [-0.1, -0.05) is 35.9 Å². The first-order valence-electron chi connectivity index (χ1n) is 10.8. The number of hydrogen-bond donors (Lipinski definition) is 1. The van der Waals surface area contributed by atoms with Crippen LogP contribution in [0.25, 0.3) is 0 Å². The molecule has 0 aromatic heterocycles. The first-order chi connectivity index (χ1) is 15.0. The van der Waals surface area contributed by atoms with Gasteiger partial charge in [-0.25, -0.2) is 0 Å². The molecule has 3 amide bonds. The molecule has 2 aliphatic heterocycles. The lowest BCUT2D eigenvalue weighted by atomic mass is 10.0. The summed E-state index contributed by atoms with van der Waals surface area (Å²) in [4.78, 5) is 44.2. The van der Waals surface area contributed by atoms with Crippen molar-refractivity contribution in [2.24, 2.45) is 0 Å². The Morgan fingerprint density at radius 1 is 0.935 bits per heavy atom. The van der Waals surface area contributed by atoms with E-state index in [2.05, 4.69) is 22.3 Å². The number of hydrogen-bond acceptors (Lipinski definition) is 4. The number of rotatable bonds is 4. The van der Waals surface area contributed by atoms with Crippen molar-refractivity contribution < 1.29 is 14.4 Å². The third-order valence-electron chi connectivity index (χ3n) is 6.01. The number of para-hydroxylation sites is 1. The SMILES string of the molecule is Cc1ccc(C(=O)N2CCNC(=O)C2CC(=O)N2CCN(c3ccccc3)CC2)cc1. The number of anilines is 1. The zero-order chi connectivity index (χ0) is 21.8. The Morgan fingerprint density at radius 3 is 2.29 bits per heavy atom. The first-order valence-corrected chi connectivity index (χ1v) is 10.8. The molecule has 2 aromatic carbocycles. The van der Waals surface area contributed by atoms with Crippen LogP contribution in [0.4, 0.5) is 5.69 Å². The van der Waals surface area contributed by atoms with Gasteiger partial charge in [-0.05, 0) is 31.2 Å². The number of aryl methyl sites for hydroxylation is 1. The number of nitrogens with zero attached hydrogens (tertiary/aromatic N) is 3. The summed E-state index contributed by atoms with van der Waals surface area (Å²) in [7, 11) is 0. The predicted molar refractivity (Wildman–Crippen MR) is 119 cm³/mol. The van der Waals surface area contributed by atoms with Crippen molar-refractivity contribution in [2.75, 3.05) is 44.2 Å². The molecule has 2 heterocycles. The summed E-state index contributed by atoms with van der Waals surface area (Å²) in [6.45, 7) is 5.47. The predicted octanol–water partition coefficient (Wildman–Crippen LogP) is 1.67. The summed E-state index contributed by atoms with van der Waals surface area (Å²) in [5, 5.41) is 2.80. The number of carbonyl (C=O) groups excluding carboxylic acids is 3. The van der Waals surface area contributed by atoms with Gasteiger partial charge in [0.25, 0.3) is 5.91 Å². The Morgan fingerprint density at radius 2 is 1.61 bits per heavy atom. The van der Waals surface area contributed by atoms with Crippen molar-refractivity contribution in [3.05, 3.63) is 65.7 Å². The maximum absolute atomic E-state index is 13.0. The van der Waals surface area contributed by atoms with E-state index in [0.29, 0.717) is 31.7 Å². The van der Waals surface area contributed by atoms with Crippen molar-refractivity contribution in [3.8, 4) is 0 Å². The van der Waals surface area contributed by atoms with Crippen LogP contribution in [0, 0.1) is 6.92 Å². The summed E-state index contributed by atoms with van der Waals surface area (Å²) in [5.41, 5.74) is 2.75. The molecule has 162 valence electrons. The van der Waals surface area contributed by atoms with Gasteiger partial charge >= 0.3 is 0 Å². The molecule has 2 aromatic rings. The van der Waals surface area contributed by atoms with E-state index >= 15 is 0 Å². The molecule has 7 heteroatoms. The van der Waals surface area contributed by atoms with E-state index in [4.69, 9.17) is 0 Å². The molecule has 7 nitrogen and oxygen atoms in total. The van der Waals surface area contributed by atoms with Crippen molar-refractivity contribution in [2.45, 2.75) is 19.4 Å². The molecule has 1 unspecified atom stereocenters. The Kier molecular flexibility index (Phi) is 6.21. The fourth-order valence-corrected chi connectivity index (χ4v) is 4.17. The second-order valence-corrected chi connectivity index (χ2v) is 8.08. The first kappa shape index (κ1) is 20.9. The Labute approximate surface area is 182 Å². The van der Waals surface area contributed by atoms with Crippen LogP contribution in [-0.2, 0) is 9.59 Å². The van der Waals surface area contributed by atoms with Gasteiger partial charge in [-0.3, -0.25) is 14.4 Å². The minimum Gasteiger partial charge on any atom is -0.368 e. The maximum Gasteiger partial charge on any atom is 0.254 e. The topological polar surface area (TPSA) is 73.0 Å². The highest BCUT2D eigenvalue weighted by Crippen LogP contribution is 2.19. The minimum absolute atomic E-state index is 0.00870. The average molecular weight is 421 g/mol. The van der Waals surface area contributed by atoms with Crippen LogP contribution in [0.1, 0.15) is 22.3 Å². The van der Waals surface area contributed by atoms with Gasteiger partial charge in [0.05, 0.1) is 6.42 Å². The van der Waals surface area contributed by atoms with Gasteiger partial charge in [-0.2, -0.15) is 0 Å². The molecule has 1 N–H and O–H groups in total. The molecule has 0 saturated carbocycles. The number of amides is 3. The minimum atomic E-state index is -0.776. The zero-order valence-electron chi connectivity index (χ0n) is 17.8. The normalized spacial score (nSPS) is 19.2. The van der Waals surface area contributed by atoms with E-state index in [0.717, 1.165) is 24.3 Å². The van der Waals surface area contributed by atoms with Gasteiger partial charge in [0.2, 0.25) is 11.8 Å². The van der Waals surface area contributed by atoms with Crippen LogP contribution in [-0.4, -0.2) is 72.8 Å². The Bertz CT molecular complexity index is 937. The average Bonchev–Trinajstić information content (AvgIpc) is 2.81. The molecule has 2 fully saturated rings. The van der Waals surface area contributed by atoms with Crippen LogP contribution in [0.2, 0.25) is 0 Å². The van der Waals surface area contributed by atoms with E-state index in [1.54, 1.807) is 21.9 Å². The molecular weight excluding hydrogens is 392 g/mol. The van der Waals surface area contributed by atoms with Gasteiger partial charge in [0.1, 0.15) is 6.04 Å². The number of piperazine rings is 2. The third kappa shape index (κ3) is 4.71. The highest BCUT2D eigenvalue weighted by molar-refractivity contribution is 5.99. The van der Waals surface area contributed by atoms with Crippen molar-refractivity contribution >= 4 is 23.4 Å². The van der Waals surface area contributed by atoms with Crippen LogP contribution in [0.5, 0.6) is 0 Å². The van der Waals surface area contributed by atoms with Crippen LogP contribution < -0.4 is 10.2 Å². The zero-order valence-corrected chi connectivity index (χ0v) is 17.8. The lowest BCUT2D eigenvalue weighted by Crippen LogP contribution is -2.59. The second-order valence-electron chi connectivity index (χ2n) is 8.08. The number of benzene rings is 2. The molecule has 0 spiro atoms. The molecule has 2 saturated heterocycles. The van der Waals surface area contributed by atoms with E-state index in [-0.39, 0.29) is 24.1 Å². The van der Waals surface area contributed by atoms with E-state index < -0.39 is 6.04 Å². The van der Waals surface area contributed by atoms with Crippen LogP contribution >= 0.6 is 0 Å². The largest absolute Gasteiger partial charge is 0.368 e. The van der Waals surface area contributed by atoms with E-state index in [1.807, 2.05) is 37.3 Å². The van der Waals surface area contributed by atoms with E-state index in [1.165, 1.54) is 0 Å². The van der Waals surface area contributed by atoms with Gasteiger partial charge < -0.3 is 20.0 Å². The molecule has 4 rings (SSSR count). The van der Waals surface area contributed by atoms with Crippen molar-refractivity contribution in [1.82, 2.24) is 15.1 Å². The van der Waals surface area contributed by atoms with Crippen LogP contribution in [0.15, 0.2) is 54.6 Å². The monoisotopic (exact) mass is 420 g/mol. The maximum atomic E-state index is 13.0. The molecule has 0 aliphatic carbocycles. The highest BCUT2D eigenvalue weighted by Gasteiger charge is 2.36. The summed E-state index contributed by atoms with van der Waals surface area (Å²) in [5.74, 6) is -0.555. The highest BCUT2D eigenvalue weighted by atomic mass is 16.2. The van der Waals surface area contributed by atoms with Crippen molar-refractivity contribution in [3.63, 3.8) is 0 Å². The standard InChI is InChI=1S/C24H28N4O3/c1-18-7-9-19(10-8-18)24(31)28-12-11-25-23(30)21(28)17-22(29)27-15-13-26(14-16-27)20-5-3-2-4-6-20/h2-10,21H,11-17H2,1H3,(H,25,30). The number of nitrogens with one attached hydrogen (secondary N) is 1. The fourth-order valence-electron chi connectivity index (χ4n) is 4.17. The molecule has 2 aliphatic rings. The lowest BCUT2D eigenvalue weighted by molar-refractivity contribution is -0.138. The second kappa shape index (κ2) is 9.20. The van der Waals surface area contributed by atoms with E-state index in [9.17, 15) is 14.4 Å². The molecule has 1 atom stereocenters. The summed E-state index contributed by atoms with van der Waals surface area (Å²) >= 11 is 0. The third-order valence-corrected chi connectivity index (χ3v) is 6.01. The summed E-state index contributed by atoms with van der Waals surface area (Å²) < 4.78 is 0. The van der Waals surface area contributed by atoms with Gasteiger partial charge in [0.15, 0.2) is 0 Å². The Balaban J connectivity index is 1.40. The van der Waals surface area contributed by atoms with Crippen molar-refractivity contribution in [1.29, 1.82) is 0 Å². The molecular formula is C24H28N4O3. The van der Waals surface area contributed by atoms with Gasteiger partial charge in [0, 0.05) is 50.5 Å². The quantitative estimate of drug-likeness (QED) is 0.817. The van der Waals surface area contributed by atoms with Crippen LogP contribution in [0.3, 0.4) is 0 Å². The molecule has 0 bridgehead atoms.